The maximum Gasteiger partial charge on any atom is 0.354 e. The van der Waals surface area contributed by atoms with Gasteiger partial charge in [-0.2, -0.15) is 4.80 Å². The number of nitrogens with zero attached hydrogens (tertiary/aromatic N) is 3. The second-order valence-electron chi connectivity index (χ2n) is 3.73. The Bertz CT molecular complexity index is 418. The zero-order valence-corrected chi connectivity index (χ0v) is 9.67. The fourth-order valence-electron chi connectivity index (χ4n) is 1.60. The van der Waals surface area contributed by atoms with Crippen LogP contribution in [-0.2, 0) is 9.47 Å². The van der Waals surface area contributed by atoms with E-state index in [0.29, 0.717) is 0 Å². The average Bonchev–Trinajstić information content (AvgIpc) is 2.27. The molecule has 0 radical (unpaired) electrons. The molecule has 1 aromatic rings. The minimum atomic E-state index is -0.347. The molecule has 2 heterocycles. The van der Waals surface area contributed by atoms with Crippen LogP contribution in [0.15, 0.2) is 4.79 Å². The molecule has 1 fully saturated rings. The van der Waals surface area contributed by atoms with E-state index in [9.17, 15) is 9.59 Å². The first kappa shape index (κ1) is 11.7. The van der Waals surface area contributed by atoms with E-state index in [-0.39, 0.29) is 38.1 Å². The van der Waals surface area contributed by atoms with E-state index in [2.05, 4.69) is 10.2 Å². The SMILES string of the molecule is COCN1COCN(C(C)n2[nH]c(=O)[nH]2)C1=O. The predicted molar refractivity (Wildman–Crippen MR) is 55.9 cm³/mol. The number of H-pyrrole nitrogens is 2. The fourth-order valence-corrected chi connectivity index (χ4v) is 1.60. The minimum absolute atomic E-state index is 0.168. The molecule has 0 bridgehead atoms. The first-order chi connectivity index (χ1) is 8.13. The van der Waals surface area contributed by atoms with Crippen molar-refractivity contribution in [3.05, 3.63) is 10.5 Å². The van der Waals surface area contributed by atoms with Crippen LogP contribution < -0.4 is 5.69 Å². The number of nitrogens with one attached hydrogen (secondary N) is 2. The molecule has 9 heteroatoms. The summed E-state index contributed by atoms with van der Waals surface area (Å²) < 4.78 is 10.2. The number of ether oxygens (including phenoxy) is 2. The van der Waals surface area contributed by atoms with Crippen LogP contribution in [0.5, 0.6) is 0 Å². The summed E-state index contributed by atoms with van der Waals surface area (Å²) in [5, 5.41) is 4.98. The number of carbonyl (C=O) groups excluding carboxylic acids is 1. The molecule has 1 saturated heterocycles. The molecule has 0 saturated carbocycles. The second kappa shape index (κ2) is 4.63. The number of hydrogen-bond donors (Lipinski definition) is 2. The van der Waals surface area contributed by atoms with Crippen LogP contribution in [-0.4, -0.2) is 58.1 Å². The molecule has 9 nitrogen and oxygen atoms in total. The highest BCUT2D eigenvalue weighted by atomic mass is 16.5. The van der Waals surface area contributed by atoms with Crippen molar-refractivity contribution in [3.8, 4) is 0 Å². The molecule has 1 aliphatic heterocycles. The van der Waals surface area contributed by atoms with Crippen LogP contribution in [0.4, 0.5) is 4.79 Å². The lowest BCUT2D eigenvalue weighted by Gasteiger charge is -2.38. The largest absolute Gasteiger partial charge is 0.364 e. The third-order valence-electron chi connectivity index (χ3n) is 2.55. The zero-order valence-electron chi connectivity index (χ0n) is 9.67. The predicted octanol–water partition coefficient (Wildman–Crippen LogP) is -0.704. The van der Waals surface area contributed by atoms with E-state index >= 15 is 0 Å². The lowest BCUT2D eigenvalue weighted by atomic mass is 10.5. The molecule has 0 aliphatic carbocycles. The van der Waals surface area contributed by atoms with Gasteiger partial charge in [-0.25, -0.2) is 19.8 Å². The Morgan fingerprint density at radius 2 is 2.12 bits per heavy atom. The molecule has 2 rings (SSSR count). The molecular weight excluding hydrogens is 230 g/mol. The third kappa shape index (κ3) is 2.19. The van der Waals surface area contributed by atoms with Crippen LogP contribution in [0.1, 0.15) is 13.1 Å². The number of rotatable bonds is 4. The summed E-state index contributed by atoms with van der Waals surface area (Å²) in [5.41, 5.74) is -0.295. The Labute approximate surface area is 96.8 Å². The molecule has 2 N–H and O–H groups in total. The standard InChI is InChI=1S/C8H15N5O4/c1-6(13-9-7(14)10-13)12-5-17-4-11(3-16-2)8(12)15/h6H,3-5H2,1-2H3,(H2,9,10,14). The smallest absolute Gasteiger partial charge is 0.354 e. The molecule has 2 amide bonds. The van der Waals surface area contributed by atoms with Crippen molar-refractivity contribution in [1.29, 1.82) is 0 Å². The van der Waals surface area contributed by atoms with Crippen molar-refractivity contribution in [2.75, 3.05) is 27.3 Å². The van der Waals surface area contributed by atoms with Crippen molar-refractivity contribution in [3.63, 3.8) is 0 Å². The van der Waals surface area contributed by atoms with Gasteiger partial charge in [-0.3, -0.25) is 9.80 Å². The lowest BCUT2D eigenvalue weighted by Crippen LogP contribution is -2.54. The third-order valence-corrected chi connectivity index (χ3v) is 2.55. The number of aromatic amines is 2. The quantitative estimate of drug-likeness (QED) is 0.733. The summed E-state index contributed by atoms with van der Waals surface area (Å²) in [7, 11) is 1.51. The Morgan fingerprint density at radius 3 is 2.71 bits per heavy atom. The monoisotopic (exact) mass is 245 g/mol. The fraction of sp³-hybridized carbons (Fsp3) is 0.750. The van der Waals surface area contributed by atoms with Gasteiger partial charge in [0.15, 0.2) is 0 Å². The summed E-state index contributed by atoms with van der Waals surface area (Å²) in [5.74, 6) is 0. The maximum absolute atomic E-state index is 12.0. The average molecular weight is 245 g/mol. The second-order valence-corrected chi connectivity index (χ2v) is 3.73. The number of carbonyl (C=O) groups is 1. The molecule has 1 aromatic heterocycles. The number of methoxy groups -OCH3 is 1. The van der Waals surface area contributed by atoms with Crippen LogP contribution in [0.25, 0.3) is 0 Å². The highest BCUT2D eigenvalue weighted by molar-refractivity contribution is 5.74. The zero-order chi connectivity index (χ0) is 12.4. The molecule has 0 aromatic carbocycles. The van der Waals surface area contributed by atoms with Gasteiger partial charge in [-0.15, -0.1) is 0 Å². The number of hydrogen-bond acceptors (Lipinski definition) is 4. The highest BCUT2D eigenvalue weighted by Crippen LogP contribution is 2.16. The van der Waals surface area contributed by atoms with E-state index < -0.39 is 0 Å². The summed E-state index contributed by atoms with van der Waals surface area (Å²) in [6, 6.07) is -0.200. The number of aromatic nitrogens is 3. The van der Waals surface area contributed by atoms with Gasteiger partial charge in [0.05, 0.1) is 0 Å². The highest BCUT2D eigenvalue weighted by Gasteiger charge is 2.31. The first-order valence-corrected chi connectivity index (χ1v) is 5.12. The van der Waals surface area contributed by atoms with Gasteiger partial charge in [-0.1, -0.05) is 0 Å². The van der Waals surface area contributed by atoms with Crippen LogP contribution in [0, 0.1) is 0 Å². The van der Waals surface area contributed by atoms with Gasteiger partial charge < -0.3 is 9.47 Å². The van der Waals surface area contributed by atoms with Crippen LogP contribution >= 0.6 is 0 Å². The Balaban J connectivity index is 2.05. The molecule has 1 aliphatic rings. The van der Waals surface area contributed by atoms with E-state index in [4.69, 9.17) is 9.47 Å². The number of amides is 2. The van der Waals surface area contributed by atoms with E-state index in [1.54, 1.807) is 6.92 Å². The first-order valence-electron chi connectivity index (χ1n) is 5.12. The molecule has 1 atom stereocenters. The summed E-state index contributed by atoms with van der Waals surface area (Å²) in [6.45, 7) is 2.32. The van der Waals surface area contributed by atoms with Crippen LogP contribution in [0.2, 0.25) is 0 Å². The van der Waals surface area contributed by atoms with Gasteiger partial charge in [-0.05, 0) is 6.92 Å². The van der Waals surface area contributed by atoms with Crippen molar-refractivity contribution in [2.24, 2.45) is 0 Å². The van der Waals surface area contributed by atoms with Gasteiger partial charge in [0, 0.05) is 7.11 Å². The Morgan fingerprint density at radius 1 is 1.41 bits per heavy atom. The molecular formula is C8H15N5O4. The van der Waals surface area contributed by atoms with Gasteiger partial charge in [0.25, 0.3) is 0 Å². The Hall–Kier alpha value is -1.74. The minimum Gasteiger partial charge on any atom is -0.364 e. The molecule has 1 unspecified atom stereocenters. The summed E-state index contributed by atoms with van der Waals surface area (Å²) >= 11 is 0. The summed E-state index contributed by atoms with van der Waals surface area (Å²) in [6.07, 6.45) is -0.347. The molecule has 0 spiro atoms. The van der Waals surface area contributed by atoms with Crippen molar-refractivity contribution in [1.82, 2.24) is 24.8 Å². The van der Waals surface area contributed by atoms with Gasteiger partial charge >= 0.3 is 11.7 Å². The Kier molecular flexibility index (Phi) is 3.20. The van der Waals surface area contributed by atoms with Gasteiger partial charge in [0.1, 0.15) is 26.4 Å². The molecule has 17 heavy (non-hydrogen) atoms. The van der Waals surface area contributed by atoms with Crippen molar-refractivity contribution < 1.29 is 14.3 Å². The number of urea groups is 1. The van der Waals surface area contributed by atoms with Gasteiger partial charge in [0.2, 0.25) is 0 Å². The van der Waals surface area contributed by atoms with Crippen molar-refractivity contribution in [2.45, 2.75) is 13.1 Å². The summed E-state index contributed by atoms with van der Waals surface area (Å²) in [4.78, 5) is 27.0. The van der Waals surface area contributed by atoms with E-state index in [1.165, 1.54) is 21.7 Å². The molecule has 96 valence electrons. The van der Waals surface area contributed by atoms with Crippen LogP contribution in [0.3, 0.4) is 0 Å². The normalized spacial score (nSPS) is 18.8. The maximum atomic E-state index is 12.0. The lowest BCUT2D eigenvalue weighted by molar-refractivity contribution is -0.101. The van der Waals surface area contributed by atoms with Crippen molar-refractivity contribution >= 4 is 6.03 Å². The van der Waals surface area contributed by atoms with E-state index in [1.807, 2.05) is 0 Å². The van der Waals surface area contributed by atoms with E-state index in [0.717, 1.165) is 0 Å². The topological polar surface area (TPSA) is 95.6 Å².